The van der Waals surface area contributed by atoms with Gasteiger partial charge < -0.3 is 10.1 Å². The highest BCUT2D eigenvalue weighted by atomic mass is 16.5. The Labute approximate surface area is 113 Å². The molecule has 0 aliphatic rings. The molecule has 0 saturated heterocycles. The van der Waals surface area contributed by atoms with Gasteiger partial charge >= 0.3 is 6.03 Å². The molecule has 0 spiro atoms. The van der Waals surface area contributed by atoms with Crippen LogP contribution in [0.15, 0.2) is 24.3 Å². The fourth-order valence-electron chi connectivity index (χ4n) is 1.48. The van der Waals surface area contributed by atoms with Crippen molar-refractivity contribution >= 4 is 11.9 Å². The zero-order chi connectivity index (χ0) is 14.3. The Morgan fingerprint density at radius 1 is 1.21 bits per heavy atom. The van der Waals surface area contributed by atoms with E-state index in [4.69, 9.17) is 4.74 Å². The van der Waals surface area contributed by atoms with Gasteiger partial charge in [-0.25, -0.2) is 4.79 Å². The van der Waals surface area contributed by atoms with Gasteiger partial charge in [0, 0.05) is 6.54 Å². The largest absolute Gasteiger partial charge is 0.481 e. The summed E-state index contributed by atoms with van der Waals surface area (Å²) in [6.07, 6.45) is 0.225. The van der Waals surface area contributed by atoms with Crippen molar-refractivity contribution in [1.29, 1.82) is 0 Å². The summed E-state index contributed by atoms with van der Waals surface area (Å²) in [5.74, 6) is 0.140. The second-order valence-corrected chi connectivity index (χ2v) is 4.11. The molecular formula is C14H20N2O3. The molecule has 0 aromatic heterocycles. The van der Waals surface area contributed by atoms with E-state index in [1.165, 1.54) is 5.56 Å². The first-order chi connectivity index (χ1) is 9.06. The van der Waals surface area contributed by atoms with E-state index in [1.807, 2.05) is 24.3 Å². The van der Waals surface area contributed by atoms with Gasteiger partial charge in [-0.15, -0.1) is 0 Å². The maximum atomic E-state index is 11.7. The van der Waals surface area contributed by atoms with Crippen molar-refractivity contribution in [3.63, 3.8) is 0 Å². The third-order valence-corrected chi connectivity index (χ3v) is 2.59. The van der Waals surface area contributed by atoms with E-state index in [0.29, 0.717) is 12.3 Å². The molecule has 104 valence electrons. The van der Waals surface area contributed by atoms with Gasteiger partial charge in [-0.05, 0) is 38.0 Å². The molecule has 0 radical (unpaired) electrons. The number of hydrogen-bond donors (Lipinski definition) is 2. The summed E-state index contributed by atoms with van der Waals surface area (Å²) in [6, 6.07) is 7.01. The number of carbonyl (C=O) groups excluding carboxylic acids is 2. The number of ether oxygens (including phenoxy) is 1. The van der Waals surface area contributed by atoms with E-state index in [-0.39, 0.29) is 0 Å². The third-order valence-electron chi connectivity index (χ3n) is 2.59. The van der Waals surface area contributed by atoms with Gasteiger partial charge in [0.2, 0.25) is 0 Å². The van der Waals surface area contributed by atoms with Crippen LogP contribution in [0.4, 0.5) is 4.79 Å². The second kappa shape index (κ2) is 7.41. The van der Waals surface area contributed by atoms with Gasteiger partial charge in [0.25, 0.3) is 5.91 Å². The molecule has 1 aromatic carbocycles. The Bertz CT molecular complexity index is 429. The predicted molar refractivity (Wildman–Crippen MR) is 73.1 cm³/mol. The van der Waals surface area contributed by atoms with Crippen LogP contribution in [-0.4, -0.2) is 24.6 Å². The molecule has 19 heavy (non-hydrogen) atoms. The van der Waals surface area contributed by atoms with Crippen molar-refractivity contribution < 1.29 is 14.3 Å². The van der Waals surface area contributed by atoms with Crippen LogP contribution in [0.25, 0.3) is 0 Å². The minimum Gasteiger partial charge on any atom is -0.481 e. The molecule has 0 bridgehead atoms. The summed E-state index contributed by atoms with van der Waals surface area (Å²) in [7, 11) is 0. The van der Waals surface area contributed by atoms with Crippen molar-refractivity contribution in [1.82, 2.24) is 10.6 Å². The zero-order valence-corrected chi connectivity index (χ0v) is 11.5. The molecule has 1 atom stereocenters. The molecule has 1 rings (SSSR count). The lowest BCUT2D eigenvalue weighted by molar-refractivity contribution is -0.126. The van der Waals surface area contributed by atoms with Crippen LogP contribution < -0.4 is 15.4 Å². The van der Waals surface area contributed by atoms with Gasteiger partial charge in [0.1, 0.15) is 5.75 Å². The lowest BCUT2D eigenvalue weighted by Crippen LogP contribution is -2.45. The summed E-state index contributed by atoms with van der Waals surface area (Å²) < 4.78 is 5.46. The number of urea groups is 1. The van der Waals surface area contributed by atoms with E-state index in [1.54, 1.807) is 13.8 Å². The van der Waals surface area contributed by atoms with Crippen molar-refractivity contribution in [2.24, 2.45) is 0 Å². The molecule has 0 saturated carbocycles. The number of rotatable bonds is 5. The van der Waals surface area contributed by atoms with Crippen molar-refractivity contribution in [3.05, 3.63) is 29.8 Å². The lowest BCUT2D eigenvalue weighted by atomic mass is 10.2. The fourth-order valence-corrected chi connectivity index (χ4v) is 1.48. The Morgan fingerprint density at radius 2 is 1.84 bits per heavy atom. The Kier molecular flexibility index (Phi) is 5.85. The summed E-state index contributed by atoms with van der Waals surface area (Å²) >= 11 is 0. The number of benzene rings is 1. The Hall–Kier alpha value is -2.04. The molecule has 0 aliphatic carbocycles. The van der Waals surface area contributed by atoms with Gasteiger partial charge in [-0.2, -0.15) is 0 Å². The van der Waals surface area contributed by atoms with E-state index in [9.17, 15) is 9.59 Å². The third kappa shape index (κ3) is 4.99. The second-order valence-electron chi connectivity index (χ2n) is 4.11. The van der Waals surface area contributed by atoms with E-state index in [0.717, 1.165) is 6.42 Å². The molecule has 1 aromatic rings. The zero-order valence-electron chi connectivity index (χ0n) is 11.5. The number of hydrogen-bond acceptors (Lipinski definition) is 3. The topological polar surface area (TPSA) is 67.4 Å². The van der Waals surface area contributed by atoms with E-state index >= 15 is 0 Å². The van der Waals surface area contributed by atoms with Crippen LogP contribution in [0.3, 0.4) is 0 Å². The van der Waals surface area contributed by atoms with Crippen LogP contribution in [0.2, 0.25) is 0 Å². The summed E-state index contributed by atoms with van der Waals surface area (Å²) in [5.41, 5.74) is 1.20. The molecule has 5 nitrogen and oxygen atoms in total. The number of amides is 3. The first-order valence-corrected chi connectivity index (χ1v) is 6.41. The lowest BCUT2D eigenvalue weighted by Gasteiger charge is -2.14. The van der Waals surface area contributed by atoms with Crippen LogP contribution in [0.5, 0.6) is 5.75 Å². The quantitative estimate of drug-likeness (QED) is 0.853. The summed E-state index contributed by atoms with van der Waals surface area (Å²) in [6.45, 7) is 5.91. The van der Waals surface area contributed by atoms with E-state index in [2.05, 4.69) is 17.6 Å². The predicted octanol–water partition coefficient (Wildman–Crippen LogP) is 1.86. The normalized spacial score (nSPS) is 11.5. The van der Waals surface area contributed by atoms with Gasteiger partial charge in [0.15, 0.2) is 6.10 Å². The SMILES string of the molecule is CCNC(=O)NC(=O)C(C)Oc1ccc(CC)cc1. The average Bonchev–Trinajstić information content (AvgIpc) is 2.39. The van der Waals surface area contributed by atoms with Gasteiger partial charge in [-0.3, -0.25) is 10.1 Å². The van der Waals surface area contributed by atoms with Crippen LogP contribution in [-0.2, 0) is 11.2 Å². The fraction of sp³-hybridized carbons (Fsp3) is 0.429. The van der Waals surface area contributed by atoms with Crippen molar-refractivity contribution in [3.8, 4) is 5.75 Å². The minimum atomic E-state index is -0.727. The monoisotopic (exact) mass is 264 g/mol. The first kappa shape index (κ1) is 15.0. The molecule has 0 heterocycles. The smallest absolute Gasteiger partial charge is 0.321 e. The Morgan fingerprint density at radius 3 is 2.37 bits per heavy atom. The molecule has 5 heteroatoms. The highest BCUT2D eigenvalue weighted by Crippen LogP contribution is 2.14. The molecule has 3 amide bonds. The maximum Gasteiger partial charge on any atom is 0.321 e. The first-order valence-electron chi connectivity index (χ1n) is 6.41. The van der Waals surface area contributed by atoms with Crippen molar-refractivity contribution in [2.45, 2.75) is 33.3 Å². The number of nitrogens with one attached hydrogen (secondary N) is 2. The van der Waals surface area contributed by atoms with Gasteiger partial charge in [-0.1, -0.05) is 19.1 Å². The van der Waals surface area contributed by atoms with Crippen LogP contribution in [0, 0.1) is 0 Å². The van der Waals surface area contributed by atoms with Gasteiger partial charge in [0.05, 0.1) is 0 Å². The van der Waals surface area contributed by atoms with E-state index < -0.39 is 18.0 Å². The molecular weight excluding hydrogens is 244 g/mol. The highest BCUT2D eigenvalue weighted by molar-refractivity contribution is 5.96. The maximum absolute atomic E-state index is 11.7. The molecule has 2 N–H and O–H groups in total. The summed E-state index contributed by atoms with van der Waals surface area (Å²) in [5, 5.41) is 4.69. The minimum absolute atomic E-state index is 0.465. The number of aryl methyl sites for hydroxylation is 1. The Balaban J connectivity index is 2.50. The number of imide groups is 1. The average molecular weight is 264 g/mol. The standard InChI is InChI=1S/C14H20N2O3/c1-4-11-6-8-12(9-7-11)19-10(3)13(17)16-14(18)15-5-2/h6-10H,4-5H2,1-3H3,(H2,15,16,17,18). The molecule has 1 unspecified atom stereocenters. The number of carbonyl (C=O) groups is 2. The molecule has 0 fully saturated rings. The van der Waals surface area contributed by atoms with Crippen LogP contribution >= 0.6 is 0 Å². The molecule has 0 aliphatic heterocycles. The van der Waals surface area contributed by atoms with Crippen LogP contribution in [0.1, 0.15) is 26.3 Å². The van der Waals surface area contributed by atoms with Crippen molar-refractivity contribution in [2.75, 3.05) is 6.54 Å². The summed E-state index contributed by atoms with van der Waals surface area (Å²) in [4.78, 5) is 22.9. The highest BCUT2D eigenvalue weighted by Gasteiger charge is 2.16.